The number of hydrogen-bond donors (Lipinski definition) is 1. The number of carbonyl (C=O) groups excluding carboxylic acids is 1. The van der Waals surface area contributed by atoms with Crippen LogP contribution in [0.15, 0.2) is 18.3 Å². The van der Waals surface area contributed by atoms with Crippen LogP contribution in [-0.4, -0.2) is 11.0 Å². The molecule has 0 unspecified atom stereocenters. The van der Waals surface area contributed by atoms with E-state index >= 15 is 0 Å². The van der Waals surface area contributed by atoms with Crippen molar-refractivity contribution < 1.29 is 9.53 Å². The Balaban J connectivity index is 2.79. The van der Waals surface area contributed by atoms with Crippen LogP contribution in [0.2, 0.25) is 0 Å². The number of rotatable bonds is 1. The summed E-state index contributed by atoms with van der Waals surface area (Å²) >= 11 is 0. The van der Waals surface area contributed by atoms with Gasteiger partial charge in [0.05, 0.1) is 0 Å². The van der Waals surface area contributed by atoms with E-state index in [0.717, 1.165) is 0 Å². The van der Waals surface area contributed by atoms with E-state index in [9.17, 15) is 4.79 Å². The lowest BCUT2D eigenvalue weighted by Crippen LogP contribution is -2.02. The van der Waals surface area contributed by atoms with Crippen LogP contribution in [0.4, 0.5) is 5.82 Å². The number of nitrogens with zero attached hydrogens (tertiary/aromatic N) is 1. The first-order chi connectivity index (χ1) is 5.18. The van der Waals surface area contributed by atoms with Gasteiger partial charge in [-0.2, -0.15) is 0 Å². The zero-order chi connectivity index (χ0) is 8.27. The summed E-state index contributed by atoms with van der Waals surface area (Å²) in [4.78, 5) is 14.2. The third-order valence-electron chi connectivity index (χ3n) is 1.01. The van der Waals surface area contributed by atoms with Gasteiger partial charge < -0.3 is 10.5 Å². The quantitative estimate of drug-likeness (QED) is 0.598. The average Bonchev–Trinajstić information content (AvgIpc) is 1.85. The van der Waals surface area contributed by atoms with Crippen molar-refractivity contribution in [2.75, 3.05) is 5.73 Å². The van der Waals surface area contributed by atoms with Crippen LogP contribution in [0.25, 0.3) is 0 Å². The highest BCUT2D eigenvalue weighted by molar-refractivity contribution is 5.69. The molecule has 0 aliphatic carbocycles. The molecular formula is C7H8N2O2. The number of esters is 1. The number of hydrogen-bond acceptors (Lipinski definition) is 4. The van der Waals surface area contributed by atoms with Gasteiger partial charge in [0.25, 0.3) is 0 Å². The van der Waals surface area contributed by atoms with Crippen molar-refractivity contribution in [2.24, 2.45) is 0 Å². The normalized spacial score (nSPS) is 9.18. The molecule has 0 radical (unpaired) electrons. The summed E-state index contributed by atoms with van der Waals surface area (Å²) < 4.78 is 4.74. The molecule has 0 aliphatic rings. The van der Waals surface area contributed by atoms with Gasteiger partial charge in [0, 0.05) is 19.2 Å². The van der Waals surface area contributed by atoms with Crippen molar-refractivity contribution in [3.63, 3.8) is 0 Å². The minimum atomic E-state index is -0.365. The van der Waals surface area contributed by atoms with Gasteiger partial charge in [-0.25, -0.2) is 4.98 Å². The Hall–Kier alpha value is -1.58. The van der Waals surface area contributed by atoms with Gasteiger partial charge in [0.15, 0.2) is 0 Å². The molecule has 4 nitrogen and oxygen atoms in total. The van der Waals surface area contributed by atoms with Crippen LogP contribution < -0.4 is 10.5 Å². The van der Waals surface area contributed by atoms with E-state index in [4.69, 9.17) is 10.5 Å². The van der Waals surface area contributed by atoms with Gasteiger partial charge in [-0.15, -0.1) is 0 Å². The molecule has 0 amide bonds. The number of carbonyl (C=O) groups is 1. The summed E-state index contributed by atoms with van der Waals surface area (Å²) in [5.41, 5.74) is 5.33. The predicted octanol–water partition coefficient (Wildman–Crippen LogP) is 0.589. The van der Waals surface area contributed by atoms with Gasteiger partial charge >= 0.3 is 5.97 Å². The maximum Gasteiger partial charge on any atom is 0.308 e. The summed E-state index contributed by atoms with van der Waals surface area (Å²) in [5.74, 6) is 0.393. The maximum absolute atomic E-state index is 10.4. The molecule has 0 atom stereocenters. The van der Waals surface area contributed by atoms with Crippen LogP contribution in [-0.2, 0) is 4.79 Å². The number of anilines is 1. The molecule has 0 aliphatic heterocycles. The highest BCUT2D eigenvalue weighted by Crippen LogP contribution is 2.11. The zero-order valence-corrected chi connectivity index (χ0v) is 6.07. The molecule has 1 heterocycles. The van der Waals surface area contributed by atoms with Gasteiger partial charge in [0.2, 0.25) is 0 Å². The lowest BCUT2D eigenvalue weighted by Gasteiger charge is -1.99. The Kier molecular flexibility index (Phi) is 2.06. The number of pyridine rings is 1. The average molecular weight is 152 g/mol. The molecule has 0 spiro atoms. The zero-order valence-electron chi connectivity index (χ0n) is 6.07. The van der Waals surface area contributed by atoms with Gasteiger partial charge in [-0.1, -0.05) is 0 Å². The van der Waals surface area contributed by atoms with E-state index in [1.54, 1.807) is 6.07 Å². The second-order valence-electron chi connectivity index (χ2n) is 2.01. The Labute approximate surface area is 64.0 Å². The van der Waals surface area contributed by atoms with E-state index in [1.165, 1.54) is 19.2 Å². The second-order valence-corrected chi connectivity index (χ2v) is 2.01. The van der Waals surface area contributed by atoms with Crippen molar-refractivity contribution in [2.45, 2.75) is 6.92 Å². The number of aromatic nitrogens is 1. The second kappa shape index (κ2) is 3.01. The minimum absolute atomic E-state index is 0.337. The molecule has 4 heteroatoms. The van der Waals surface area contributed by atoms with E-state index in [-0.39, 0.29) is 5.97 Å². The Bertz CT molecular complexity index is 273. The summed E-state index contributed by atoms with van der Waals surface area (Å²) in [7, 11) is 0. The van der Waals surface area contributed by atoms with Crippen molar-refractivity contribution >= 4 is 11.8 Å². The number of nitrogens with two attached hydrogens (primary N) is 1. The fourth-order valence-electron chi connectivity index (χ4n) is 0.657. The van der Waals surface area contributed by atoms with E-state index in [2.05, 4.69) is 4.98 Å². The fraction of sp³-hybridized carbons (Fsp3) is 0.143. The fourth-order valence-corrected chi connectivity index (χ4v) is 0.657. The van der Waals surface area contributed by atoms with Crippen molar-refractivity contribution in [3.8, 4) is 5.75 Å². The Morgan fingerprint density at radius 1 is 1.73 bits per heavy atom. The van der Waals surface area contributed by atoms with Crippen molar-refractivity contribution in [1.29, 1.82) is 0 Å². The van der Waals surface area contributed by atoms with Gasteiger partial charge in [-0.05, 0) is 6.07 Å². The van der Waals surface area contributed by atoms with Gasteiger partial charge in [0.1, 0.15) is 11.6 Å². The first-order valence-corrected chi connectivity index (χ1v) is 3.08. The molecule has 0 aromatic carbocycles. The third-order valence-corrected chi connectivity index (χ3v) is 1.01. The maximum atomic E-state index is 10.4. The standard InChI is InChI=1S/C7H8N2O2/c1-5(10)11-6-2-3-9-7(8)4-6/h2-4H,1H3,(H2,8,9). The number of nitrogen functional groups attached to an aromatic ring is 1. The summed E-state index contributed by atoms with van der Waals surface area (Å²) in [5, 5.41) is 0. The molecule has 11 heavy (non-hydrogen) atoms. The van der Waals surface area contributed by atoms with Crippen LogP contribution in [0, 0.1) is 0 Å². The van der Waals surface area contributed by atoms with Crippen molar-refractivity contribution in [3.05, 3.63) is 18.3 Å². The largest absolute Gasteiger partial charge is 0.427 e. The van der Waals surface area contributed by atoms with Crippen LogP contribution in [0.1, 0.15) is 6.92 Å². The molecule has 1 aromatic rings. The van der Waals surface area contributed by atoms with E-state index < -0.39 is 0 Å². The Morgan fingerprint density at radius 2 is 2.45 bits per heavy atom. The highest BCUT2D eigenvalue weighted by Gasteiger charge is 1.96. The SMILES string of the molecule is CC(=O)Oc1ccnc(N)c1. The molecule has 0 saturated carbocycles. The Morgan fingerprint density at radius 3 is 3.00 bits per heavy atom. The van der Waals surface area contributed by atoms with E-state index in [1.807, 2.05) is 0 Å². The van der Waals surface area contributed by atoms with Crippen LogP contribution in [0.5, 0.6) is 5.75 Å². The lowest BCUT2D eigenvalue weighted by atomic mass is 10.4. The molecule has 1 rings (SSSR count). The molecule has 0 bridgehead atoms. The molecular weight excluding hydrogens is 144 g/mol. The number of ether oxygens (including phenoxy) is 1. The summed E-state index contributed by atoms with van der Waals surface area (Å²) in [6, 6.07) is 3.05. The summed E-state index contributed by atoms with van der Waals surface area (Å²) in [6.45, 7) is 1.33. The molecule has 58 valence electrons. The first kappa shape index (κ1) is 7.53. The third kappa shape index (κ3) is 2.25. The van der Waals surface area contributed by atoms with E-state index in [0.29, 0.717) is 11.6 Å². The lowest BCUT2D eigenvalue weighted by molar-refractivity contribution is -0.131. The molecule has 1 aromatic heterocycles. The highest BCUT2D eigenvalue weighted by atomic mass is 16.5. The first-order valence-electron chi connectivity index (χ1n) is 3.08. The smallest absolute Gasteiger partial charge is 0.308 e. The predicted molar refractivity (Wildman–Crippen MR) is 40.0 cm³/mol. The molecule has 2 N–H and O–H groups in total. The van der Waals surface area contributed by atoms with Crippen LogP contribution >= 0.6 is 0 Å². The van der Waals surface area contributed by atoms with Gasteiger partial charge in [-0.3, -0.25) is 4.79 Å². The molecule has 0 fully saturated rings. The molecule has 0 saturated heterocycles. The minimum Gasteiger partial charge on any atom is -0.427 e. The topological polar surface area (TPSA) is 65.2 Å². The van der Waals surface area contributed by atoms with Crippen molar-refractivity contribution in [1.82, 2.24) is 4.98 Å². The van der Waals surface area contributed by atoms with Crippen LogP contribution in [0.3, 0.4) is 0 Å². The summed E-state index contributed by atoms with van der Waals surface area (Å²) in [6.07, 6.45) is 1.48. The monoisotopic (exact) mass is 152 g/mol.